The minimum atomic E-state index is -0.601. The van der Waals surface area contributed by atoms with Gasteiger partial charge in [-0.25, -0.2) is 4.79 Å². The Balaban J connectivity index is 1.97. The largest absolute Gasteiger partial charge is 0.460 e. The number of benzene rings is 2. The van der Waals surface area contributed by atoms with Crippen molar-refractivity contribution in [2.45, 2.75) is 26.2 Å². The second-order valence-electron chi connectivity index (χ2n) is 6.41. The molecule has 0 saturated carbocycles. The van der Waals surface area contributed by atoms with E-state index in [1.165, 1.54) is 0 Å². The van der Waals surface area contributed by atoms with Crippen molar-refractivity contribution in [3.05, 3.63) is 83.1 Å². The normalized spacial score (nSPS) is 19.5. The first-order valence-corrected chi connectivity index (χ1v) is 8.79. The molecule has 0 radical (unpaired) electrons. The number of hydrogen-bond donors (Lipinski definition) is 0. The second-order valence-corrected chi connectivity index (χ2v) is 6.41. The van der Waals surface area contributed by atoms with E-state index in [4.69, 9.17) is 9.47 Å². The van der Waals surface area contributed by atoms with Gasteiger partial charge < -0.3 is 9.47 Å². The highest BCUT2D eigenvalue weighted by molar-refractivity contribution is 5.92. The summed E-state index contributed by atoms with van der Waals surface area (Å²) in [5.41, 5.74) is 3.18. The molecular weight excluding hydrogens is 328 g/mol. The third kappa shape index (κ3) is 4.02. The van der Waals surface area contributed by atoms with E-state index in [0.717, 1.165) is 16.7 Å². The molecule has 2 atom stereocenters. The maximum absolute atomic E-state index is 12.7. The molecule has 0 aromatic heterocycles. The van der Waals surface area contributed by atoms with Crippen LogP contribution in [0, 0.1) is 12.8 Å². The lowest BCUT2D eigenvalue weighted by atomic mass is 9.80. The van der Waals surface area contributed by atoms with E-state index in [0.29, 0.717) is 6.42 Å². The highest BCUT2D eigenvalue weighted by atomic mass is 16.6. The summed E-state index contributed by atoms with van der Waals surface area (Å²) in [7, 11) is 0. The van der Waals surface area contributed by atoms with Gasteiger partial charge >= 0.3 is 11.9 Å². The molecule has 0 spiro atoms. The smallest absolute Gasteiger partial charge is 0.374 e. The number of carbonyl (C=O) groups excluding carboxylic acids is 2. The van der Waals surface area contributed by atoms with Crippen LogP contribution in [0.25, 0.3) is 0 Å². The maximum atomic E-state index is 12.7. The summed E-state index contributed by atoms with van der Waals surface area (Å²) in [6.07, 6.45) is 2.27. The summed E-state index contributed by atoms with van der Waals surface area (Å²) in [5, 5.41) is 0. The van der Waals surface area contributed by atoms with Crippen molar-refractivity contribution < 1.29 is 19.1 Å². The van der Waals surface area contributed by atoms with Crippen LogP contribution in [0.5, 0.6) is 0 Å². The zero-order valence-electron chi connectivity index (χ0n) is 15.0. The van der Waals surface area contributed by atoms with Gasteiger partial charge in [0.1, 0.15) is 0 Å². The number of aryl methyl sites for hydroxylation is 1. The average molecular weight is 350 g/mol. The van der Waals surface area contributed by atoms with E-state index in [1.54, 1.807) is 13.0 Å². The van der Waals surface area contributed by atoms with Crippen molar-refractivity contribution >= 4 is 11.9 Å². The average Bonchev–Trinajstić information content (AvgIpc) is 2.65. The fourth-order valence-electron chi connectivity index (χ4n) is 3.15. The molecule has 4 nitrogen and oxygen atoms in total. The highest BCUT2D eigenvalue weighted by Gasteiger charge is 2.37. The molecule has 1 unspecified atom stereocenters. The third-order valence-electron chi connectivity index (χ3n) is 4.52. The summed E-state index contributed by atoms with van der Waals surface area (Å²) in [6.45, 7) is 3.97. The number of carbonyl (C=O) groups is 2. The first-order valence-electron chi connectivity index (χ1n) is 8.79. The van der Waals surface area contributed by atoms with Gasteiger partial charge in [0, 0.05) is 5.92 Å². The van der Waals surface area contributed by atoms with E-state index in [1.807, 2.05) is 61.5 Å². The number of ether oxygens (including phenoxy) is 2. The zero-order valence-corrected chi connectivity index (χ0v) is 15.0. The molecule has 1 aliphatic rings. The second kappa shape index (κ2) is 8.00. The van der Waals surface area contributed by atoms with E-state index >= 15 is 0 Å². The highest BCUT2D eigenvalue weighted by Crippen LogP contribution is 2.35. The molecule has 0 saturated heterocycles. The van der Waals surface area contributed by atoms with Crippen LogP contribution >= 0.6 is 0 Å². The quantitative estimate of drug-likeness (QED) is 0.767. The van der Waals surface area contributed by atoms with E-state index in [9.17, 15) is 9.59 Å². The molecule has 134 valence electrons. The Bertz CT molecular complexity index is 806. The third-order valence-corrected chi connectivity index (χ3v) is 4.52. The van der Waals surface area contributed by atoms with Crippen molar-refractivity contribution in [1.82, 2.24) is 0 Å². The lowest BCUT2D eigenvalue weighted by Crippen LogP contribution is -2.32. The van der Waals surface area contributed by atoms with E-state index in [2.05, 4.69) is 0 Å². The molecule has 1 aliphatic heterocycles. The molecule has 0 N–H and O–H groups in total. The number of cyclic esters (lactones) is 1. The molecule has 2 aromatic carbocycles. The number of esters is 2. The zero-order chi connectivity index (χ0) is 18.5. The van der Waals surface area contributed by atoms with Gasteiger partial charge in [-0.05, 0) is 37.5 Å². The standard InChI is InChI=1S/C22H22O4/c1-3-25-22(24)20-14-18(17-11-9-15(2)10-12-17)19(21(23)26-20)13-16-7-5-4-6-8-16/h4-12,14,18-19H,3,13H2,1-2H3/t18?,19-/m0/s1. The van der Waals surface area contributed by atoms with Gasteiger partial charge in [-0.1, -0.05) is 60.2 Å². The molecule has 0 fully saturated rings. The summed E-state index contributed by atoms with van der Waals surface area (Å²) in [5.74, 6) is -1.65. The summed E-state index contributed by atoms with van der Waals surface area (Å²) in [6, 6.07) is 17.8. The molecule has 26 heavy (non-hydrogen) atoms. The van der Waals surface area contributed by atoms with E-state index < -0.39 is 17.9 Å². The summed E-state index contributed by atoms with van der Waals surface area (Å²) < 4.78 is 10.3. The van der Waals surface area contributed by atoms with Gasteiger partial charge in [-0.3, -0.25) is 4.79 Å². The van der Waals surface area contributed by atoms with Gasteiger partial charge in [0.25, 0.3) is 0 Å². The Morgan fingerprint density at radius 2 is 1.77 bits per heavy atom. The first-order chi connectivity index (χ1) is 12.6. The van der Waals surface area contributed by atoms with Gasteiger partial charge in [-0.15, -0.1) is 0 Å². The van der Waals surface area contributed by atoms with Crippen LogP contribution < -0.4 is 0 Å². The summed E-state index contributed by atoms with van der Waals surface area (Å²) >= 11 is 0. The first kappa shape index (κ1) is 17.9. The van der Waals surface area contributed by atoms with Crippen LogP contribution in [-0.4, -0.2) is 18.5 Å². The molecule has 0 bridgehead atoms. The molecule has 4 heteroatoms. The van der Waals surface area contributed by atoms with Crippen LogP contribution in [0.4, 0.5) is 0 Å². The molecular formula is C22H22O4. The Hall–Kier alpha value is -2.88. The summed E-state index contributed by atoms with van der Waals surface area (Å²) in [4.78, 5) is 24.8. The van der Waals surface area contributed by atoms with Gasteiger partial charge in [0.05, 0.1) is 12.5 Å². The van der Waals surface area contributed by atoms with Crippen molar-refractivity contribution in [3.63, 3.8) is 0 Å². The van der Waals surface area contributed by atoms with Crippen molar-refractivity contribution in [3.8, 4) is 0 Å². The molecule has 1 heterocycles. The lowest BCUT2D eigenvalue weighted by molar-refractivity contribution is -0.155. The SMILES string of the molecule is CCOC(=O)C1=CC(c2ccc(C)cc2)[C@H](Cc2ccccc2)C(=O)O1. The fraction of sp³-hybridized carbons (Fsp3) is 0.273. The van der Waals surface area contributed by atoms with Crippen LogP contribution in [0.3, 0.4) is 0 Å². The topological polar surface area (TPSA) is 52.6 Å². The Labute approximate surface area is 153 Å². The van der Waals surface area contributed by atoms with E-state index in [-0.39, 0.29) is 18.3 Å². The Morgan fingerprint density at radius 3 is 2.42 bits per heavy atom. The predicted octanol–water partition coefficient (Wildman–Crippen LogP) is 3.94. The van der Waals surface area contributed by atoms with Gasteiger partial charge in [-0.2, -0.15) is 0 Å². The fourth-order valence-corrected chi connectivity index (χ4v) is 3.15. The van der Waals surface area contributed by atoms with Gasteiger partial charge in [0.15, 0.2) is 0 Å². The molecule has 2 aromatic rings. The number of rotatable bonds is 5. The predicted molar refractivity (Wildman–Crippen MR) is 98.4 cm³/mol. The monoisotopic (exact) mass is 350 g/mol. The maximum Gasteiger partial charge on any atom is 0.374 e. The Kier molecular flexibility index (Phi) is 5.52. The Morgan fingerprint density at radius 1 is 1.08 bits per heavy atom. The van der Waals surface area contributed by atoms with Gasteiger partial charge in [0.2, 0.25) is 5.76 Å². The number of allylic oxidation sites excluding steroid dienone is 1. The van der Waals surface area contributed by atoms with Crippen molar-refractivity contribution in [1.29, 1.82) is 0 Å². The molecule has 3 rings (SSSR count). The van der Waals surface area contributed by atoms with Crippen molar-refractivity contribution in [2.24, 2.45) is 5.92 Å². The molecule has 0 amide bonds. The minimum absolute atomic E-state index is 0.0215. The van der Waals surface area contributed by atoms with Crippen LogP contribution in [-0.2, 0) is 25.5 Å². The minimum Gasteiger partial charge on any atom is -0.460 e. The number of hydrogen-bond acceptors (Lipinski definition) is 4. The van der Waals surface area contributed by atoms with Crippen LogP contribution in [0.2, 0.25) is 0 Å². The van der Waals surface area contributed by atoms with Crippen LogP contribution in [0.1, 0.15) is 29.5 Å². The lowest BCUT2D eigenvalue weighted by Gasteiger charge is -2.28. The van der Waals surface area contributed by atoms with Crippen molar-refractivity contribution in [2.75, 3.05) is 6.61 Å². The molecule has 0 aliphatic carbocycles. The van der Waals surface area contributed by atoms with Crippen LogP contribution in [0.15, 0.2) is 66.4 Å².